The fraction of sp³-hybridized carbons (Fsp3) is 0.529. The Hall–Kier alpha value is -1.29. The molecule has 0 heterocycles. The summed E-state index contributed by atoms with van der Waals surface area (Å²) in [4.78, 5) is 0. The third-order valence-corrected chi connectivity index (χ3v) is 2.73. The SMILES string of the molecule is CC(C)(C)C#CC(C)(C)CCc1ccc(F)cc1. The average molecular weight is 246 g/mol. The molecule has 0 nitrogen and oxygen atoms in total. The van der Waals surface area contributed by atoms with Crippen LogP contribution in [-0.2, 0) is 6.42 Å². The van der Waals surface area contributed by atoms with E-state index in [1.54, 1.807) is 0 Å². The second kappa shape index (κ2) is 5.57. The molecule has 0 aliphatic heterocycles. The zero-order valence-electron chi connectivity index (χ0n) is 12.1. The maximum atomic E-state index is 12.8. The van der Waals surface area contributed by atoms with Crippen LogP contribution in [-0.4, -0.2) is 0 Å². The van der Waals surface area contributed by atoms with Gasteiger partial charge >= 0.3 is 0 Å². The molecule has 0 spiro atoms. The van der Waals surface area contributed by atoms with E-state index in [1.165, 1.54) is 17.7 Å². The van der Waals surface area contributed by atoms with Crippen molar-refractivity contribution in [1.82, 2.24) is 0 Å². The first-order valence-corrected chi connectivity index (χ1v) is 6.47. The second-order valence-electron chi connectivity index (χ2n) is 6.51. The summed E-state index contributed by atoms with van der Waals surface area (Å²) in [6.45, 7) is 10.7. The highest BCUT2D eigenvalue weighted by atomic mass is 19.1. The van der Waals surface area contributed by atoms with Gasteiger partial charge in [-0.3, -0.25) is 0 Å². The van der Waals surface area contributed by atoms with Crippen molar-refractivity contribution in [1.29, 1.82) is 0 Å². The minimum absolute atomic E-state index is 0.00165. The van der Waals surface area contributed by atoms with Crippen molar-refractivity contribution in [3.8, 4) is 11.8 Å². The van der Waals surface area contributed by atoms with E-state index < -0.39 is 0 Å². The maximum absolute atomic E-state index is 12.8. The lowest BCUT2D eigenvalue weighted by Gasteiger charge is -2.19. The summed E-state index contributed by atoms with van der Waals surface area (Å²) < 4.78 is 12.8. The number of halogens is 1. The maximum Gasteiger partial charge on any atom is 0.123 e. The Balaban J connectivity index is 2.61. The number of benzene rings is 1. The Labute approximate surface area is 111 Å². The third-order valence-electron chi connectivity index (χ3n) is 2.73. The van der Waals surface area contributed by atoms with Crippen molar-refractivity contribution in [2.75, 3.05) is 0 Å². The van der Waals surface area contributed by atoms with Crippen LogP contribution in [0.25, 0.3) is 0 Å². The van der Waals surface area contributed by atoms with Crippen LogP contribution in [0.4, 0.5) is 4.39 Å². The van der Waals surface area contributed by atoms with Crippen molar-refractivity contribution in [2.45, 2.75) is 47.5 Å². The second-order valence-corrected chi connectivity index (χ2v) is 6.51. The van der Waals surface area contributed by atoms with E-state index >= 15 is 0 Å². The summed E-state index contributed by atoms with van der Waals surface area (Å²) in [6, 6.07) is 6.73. The molecule has 0 fully saturated rings. The van der Waals surface area contributed by atoms with Crippen LogP contribution < -0.4 is 0 Å². The van der Waals surface area contributed by atoms with Gasteiger partial charge in [0, 0.05) is 10.8 Å². The summed E-state index contributed by atoms with van der Waals surface area (Å²) in [7, 11) is 0. The highest BCUT2D eigenvalue weighted by molar-refractivity contribution is 5.18. The van der Waals surface area contributed by atoms with Gasteiger partial charge in [0.2, 0.25) is 0 Å². The van der Waals surface area contributed by atoms with Gasteiger partial charge in [-0.1, -0.05) is 24.0 Å². The van der Waals surface area contributed by atoms with Crippen LogP contribution in [0.5, 0.6) is 0 Å². The molecule has 0 unspecified atom stereocenters. The van der Waals surface area contributed by atoms with E-state index in [0.29, 0.717) is 0 Å². The van der Waals surface area contributed by atoms with Gasteiger partial charge in [0.05, 0.1) is 0 Å². The normalized spacial score (nSPS) is 11.9. The van der Waals surface area contributed by atoms with E-state index in [2.05, 4.69) is 46.5 Å². The lowest BCUT2D eigenvalue weighted by molar-refractivity contribution is 0.454. The molecule has 18 heavy (non-hydrogen) atoms. The third kappa shape index (κ3) is 5.87. The number of hydrogen-bond acceptors (Lipinski definition) is 0. The summed E-state index contributed by atoms with van der Waals surface area (Å²) in [5.41, 5.74) is 1.22. The molecule has 0 aliphatic rings. The van der Waals surface area contributed by atoms with E-state index in [0.717, 1.165) is 12.8 Å². The Morgan fingerprint density at radius 1 is 0.944 bits per heavy atom. The first-order chi connectivity index (χ1) is 8.18. The lowest BCUT2D eigenvalue weighted by Crippen LogP contribution is -2.11. The number of rotatable bonds is 3. The Morgan fingerprint density at radius 3 is 2.00 bits per heavy atom. The summed E-state index contributed by atoms with van der Waals surface area (Å²) in [5.74, 6) is 6.48. The molecule has 1 aromatic rings. The molecule has 0 aromatic heterocycles. The monoisotopic (exact) mass is 246 g/mol. The number of hydrogen-bond donors (Lipinski definition) is 0. The smallest absolute Gasteiger partial charge is 0.123 e. The molecule has 1 rings (SSSR count). The Kier molecular flexibility index (Phi) is 4.57. The predicted molar refractivity (Wildman–Crippen MR) is 75.7 cm³/mol. The molecule has 0 amide bonds. The largest absolute Gasteiger partial charge is 0.207 e. The van der Waals surface area contributed by atoms with Gasteiger partial charge in [0.1, 0.15) is 5.82 Å². The van der Waals surface area contributed by atoms with Crippen LogP contribution in [0.15, 0.2) is 24.3 Å². The fourth-order valence-corrected chi connectivity index (χ4v) is 1.53. The first-order valence-electron chi connectivity index (χ1n) is 6.47. The molecular weight excluding hydrogens is 223 g/mol. The number of aryl methyl sites for hydroxylation is 1. The predicted octanol–water partition coefficient (Wildman–Crippen LogP) is 4.83. The van der Waals surface area contributed by atoms with Gasteiger partial charge in [0.15, 0.2) is 0 Å². The van der Waals surface area contributed by atoms with Crippen LogP contribution in [0.3, 0.4) is 0 Å². The topological polar surface area (TPSA) is 0 Å². The molecule has 0 atom stereocenters. The molecule has 98 valence electrons. The molecule has 0 aliphatic carbocycles. The molecule has 0 saturated heterocycles. The van der Waals surface area contributed by atoms with Crippen molar-refractivity contribution < 1.29 is 4.39 Å². The molecular formula is C17H23F. The zero-order valence-corrected chi connectivity index (χ0v) is 12.1. The summed E-state index contributed by atoms with van der Waals surface area (Å²) in [6.07, 6.45) is 1.92. The first kappa shape index (κ1) is 14.8. The minimum atomic E-state index is -0.175. The van der Waals surface area contributed by atoms with Gasteiger partial charge in [-0.25, -0.2) is 4.39 Å². The molecule has 0 N–H and O–H groups in total. The van der Waals surface area contributed by atoms with Crippen molar-refractivity contribution in [2.24, 2.45) is 10.8 Å². The van der Waals surface area contributed by atoms with Gasteiger partial charge in [0.25, 0.3) is 0 Å². The Bertz CT molecular complexity index is 435. The molecule has 1 heteroatoms. The van der Waals surface area contributed by atoms with E-state index in [9.17, 15) is 4.39 Å². The van der Waals surface area contributed by atoms with Gasteiger partial charge < -0.3 is 0 Å². The minimum Gasteiger partial charge on any atom is -0.207 e. The quantitative estimate of drug-likeness (QED) is 0.670. The van der Waals surface area contributed by atoms with Crippen molar-refractivity contribution in [3.63, 3.8) is 0 Å². The van der Waals surface area contributed by atoms with Crippen LogP contribution >= 0.6 is 0 Å². The van der Waals surface area contributed by atoms with E-state index in [4.69, 9.17) is 0 Å². The van der Waals surface area contributed by atoms with Gasteiger partial charge in [-0.05, 0) is 65.2 Å². The van der Waals surface area contributed by atoms with Crippen LogP contribution in [0.1, 0.15) is 46.6 Å². The summed E-state index contributed by atoms with van der Waals surface area (Å²) >= 11 is 0. The lowest BCUT2D eigenvalue weighted by atomic mass is 9.85. The highest BCUT2D eigenvalue weighted by Crippen LogP contribution is 2.23. The van der Waals surface area contributed by atoms with E-state index in [-0.39, 0.29) is 16.6 Å². The molecule has 1 aromatic carbocycles. The Morgan fingerprint density at radius 2 is 1.50 bits per heavy atom. The van der Waals surface area contributed by atoms with Gasteiger partial charge in [-0.2, -0.15) is 0 Å². The van der Waals surface area contributed by atoms with Crippen LogP contribution in [0, 0.1) is 28.5 Å². The zero-order chi connectivity index (χ0) is 13.8. The molecule has 0 saturated carbocycles. The molecule has 0 radical (unpaired) electrons. The fourth-order valence-electron chi connectivity index (χ4n) is 1.53. The van der Waals surface area contributed by atoms with Crippen molar-refractivity contribution >= 4 is 0 Å². The highest BCUT2D eigenvalue weighted by Gasteiger charge is 2.15. The van der Waals surface area contributed by atoms with E-state index in [1.807, 2.05) is 12.1 Å². The molecule has 0 bridgehead atoms. The van der Waals surface area contributed by atoms with Gasteiger partial charge in [-0.15, -0.1) is 0 Å². The van der Waals surface area contributed by atoms with Crippen LogP contribution in [0.2, 0.25) is 0 Å². The summed E-state index contributed by atoms with van der Waals surface area (Å²) in [5, 5.41) is 0. The van der Waals surface area contributed by atoms with Crippen molar-refractivity contribution in [3.05, 3.63) is 35.6 Å². The standard InChI is InChI=1S/C17H23F/c1-16(2,3)12-13-17(4,5)11-10-14-6-8-15(18)9-7-14/h6-9H,10-11H2,1-5H3. The average Bonchev–Trinajstić information content (AvgIpc) is 2.25.